The Hall–Kier alpha value is -0.760. The number of hydrogen-bond donors (Lipinski definition) is 1. The Bertz CT molecular complexity index is 36.8. The fraction of sp³-hybridized carbons (Fsp3) is 0. The fourth-order valence-corrected chi connectivity index (χ4v) is 0.0680. The van der Waals surface area contributed by atoms with E-state index < -0.39 is 0 Å². The lowest BCUT2D eigenvalue weighted by atomic mass is 11.1. The van der Waals surface area contributed by atoms with Gasteiger partial charge in [0.15, 0.2) is 0 Å². The van der Waals surface area contributed by atoms with E-state index in [9.17, 15) is 0 Å². The van der Waals surface area contributed by atoms with Gasteiger partial charge in [0.25, 0.3) is 0 Å². The molecule has 3 N–H and O–H groups in total. The van der Waals surface area contributed by atoms with Crippen LogP contribution in [0.2, 0.25) is 0 Å². The molecule has 0 aromatic heterocycles. The van der Waals surface area contributed by atoms with Crippen LogP contribution in [-0.2, 0) is 4.74 Å². The first-order valence-electron chi connectivity index (χ1n) is 1.29. The first-order chi connectivity index (χ1) is 2.41. The molecule has 0 radical (unpaired) electrons. The maximum Gasteiger partial charge on any atom is 0.0829 e. The standard InChI is InChI=1S/C4H6O.H3N/c1-3-5-4-2;/h3-4H,1-2H2;1H3. The molecule has 0 aromatic rings. The lowest BCUT2D eigenvalue weighted by molar-refractivity contribution is 0.406. The Morgan fingerprint density at radius 1 is 1.17 bits per heavy atom. The summed E-state index contributed by atoms with van der Waals surface area (Å²) in [6.45, 7) is 6.51. The van der Waals surface area contributed by atoms with Crippen molar-refractivity contribution in [2.75, 3.05) is 0 Å². The molecule has 6 heavy (non-hydrogen) atoms. The van der Waals surface area contributed by atoms with E-state index in [2.05, 4.69) is 17.9 Å². The quantitative estimate of drug-likeness (QED) is 0.518. The number of rotatable bonds is 2. The van der Waals surface area contributed by atoms with Crippen LogP contribution in [0.4, 0.5) is 0 Å². The van der Waals surface area contributed by atoms with Crippen molar-refractivity contribution in [1.82, 2.24) is 6.15 Å². The van der Waals surface area contributed by atoms with Crippen molar-refractivity contribution in [3.8, 4) is 0 Å². The average Bonchev–Trinajstić information content (AvgIpc) is 1.41. The summed E-state index contributed by atoms with van der Waals surface area (Å²) in [6, 6.07) is 0. The van der Waals surface area contributed by atoms with E-state index >= 15 is 0 Å². The third-order valence-electron chi connectivity index (χ3n) is 0.192. The summed E-state index contributed by atoms with van der Waals surface area (Å²) in [5.41, 5.74) is 0. The summed E-state index contributed by atoms with van der Waals surface area (Å²) < 4.78 is 4.36. The molecule has 36 valence electrons. The maximum atomic E-state index is 4.36. The Kier molecular flexibility index (Phi) is 13.3. The largest absolute Gasteiger partial charge is 0.474 e. The number of ether oxygens (including phenoxy) is 1. The zero-order valence-electron chi connectivity index (χ0n) is 3.68. The van der Waals surface area contributed by atoms with Crippen LogP contribution >= 0.6 is 0 Å². The lowest BCUT2D eigenvalue weighted by Crippen LogP contribution is -1.52. The van der Waals surface area contributed by atoms with Crippen LogP contribution in [0.3, 0.4) is 0 Å². The van der Waals surface area contributed by atoms with Crippen molar-refractivity contribution in [3.63, 3.8) is 0 Å². The highest BCUT2D eigenvalue weighted by molar-refractivity contribution is 4.57. The van der Waals surface area contributed by atoms with Crippen molar-refractivity contribution < 1.29 is 4.74 Å². The first-order valence-corrected chi connectivity index (χ1v) is 1.29. The molecule has 0 aromatic carbocycles. The topological polar surface area (TPSA) is 44.2 Å². The normalized spacial score (nSPS) is 4.67. The van der Waals surface area contributed by atoms with Gasteiger partial charge in [-0.15, -0.1) is 0 Å². The molecule has 0 bridgehead atoms. The van der Waals surface area contributed by atoms with E-state index in [-0.39, 0.29) is 6.15 Å². The molecule has 0 rings (SSSR count). The highest BCUT2D eigenvalue weighted by Crippen LogP contribution is 1.65. The molecule has 0 atom stereocenters. The van der Waals surface area contributed by atoms with E-state index in [4.69, 9.17) is 0 Å². The molecule has 0 heterocycles. The van der Waals surface area contributed by atoms with Gasteiger partial charge in [0.2, 0.25) is 0 Å². The van der Waals surface area contributed by atoms with Gasteiger partial charge in [-0.2, -0.15) is 0 Å². The monoisotopic (exact) mass is 87.1 g/mol. The molecule has 0 saturated carbocycles. The summed E-state index contributed by atoms with van der Waals surface area (Å²) in [4.78, 5) is 0. The summed E-state index contributed by atoms with van der Waals surface area (Å²) >= 11 is 0. The Balaban J connectivity index is 0. The van der Waals surface area contributed by atoms with Gasteiger partial charge >= 0.3 is 0 Å². The molecule has 0 unspecified atom stereocenters. The highest BCUT2D eigenvalue weighted by Gasteiger charge is 1.45. The lowest BCUT2D eigenvalue weighted by Gasteiger charge is -1.76. The fourth-order valence-electron chi connectivity index (χ4n) is 0.0680. The van der Waals surface area contributed by atoms with Crippen LogP contribution in [0.1, 0.15) is 0 Å². The zero-order chi connectivity index (χ0) is 4.12. The van der Waals surface area contributed by atoms with E-state index in [0.717, 1.165) is 0 Å². The van der Waals surface area contributed by atoms with Gasteiger partial charge in [0.05, 0.1) is 12.5 Å². The Morgan fingerprint density at radius 3 is 1.50 bits per heavy atom. The van der Waals surface area contributed by atoms with Crippen LogP contribution in [0, 0.1) is 0 Å². The summed E-state index contributed by atoms with van der Waals surface area (Å²) in [5, 5.41) is 0. The summed E-state index contributed by atoms with van der Waals surface area (Å²) in [6.07, 6.45) is 2.62. The second-order valence-corrected chi connectivity index (χ2v) is 0.469. The average molecular weight is 87.1 g/mol. The molecule has 0 amide bonds. The highest BCUT2D eigenvalue weighted by atomic mass is 16.5. The van der Waals surface area contributed by atoms with Crippen LogP contribution in [0.25, 0.3) is 0 Å². The summed E-state index contributed by atoms with van der Waals surface area (Å²) in [7, 11) is 0. The molecule has 2 nitrogen and oxygen atoms in total. The van der Waals surface area contributed by atoms with Crippen molar-refractivity contribution in [2.24, 2.45) is 0 Å². The molecule has 0 aliphatic carbocycles. The SMILES string of the molecule is C=COC=C.N. The van der Waals surface area contributed by atoms with Gasteiger partial charge in [0.1, 0.15) is 0 Å². The van der Waals surface area contributed by atoms with Gasteiger partial charge in [-0.1, -0.05) is 13.2 Å². The minimum absolute atomic E-state index is 0. The van der Waals surface area contributed by atoms with Gasteiger partial charge < -0.3 is 10.9 Å². The molecule has 0 aliphatic rings. The second kappa shape index (κ2) is 8.87. The Labute approximate surface area is 37.7 Å². The van der Waals surface area contributed by atoms with Crippen LogP contribution < -0.4 is 6.15 Å². The Morgan fingerprint density at radius 2 is 1.50 bits per heavy atom. The van der Waals surface area contributed by atoms with Gasteiger partial charge in [-0.05, 0) is 0 Å². The van der Waals surface area contributed by atoms with E-state index in [1.807, 2.05) is 0 Å². The van der Waals surface area contributed by atoms with Gasteiger partial charge in [-0.25, -0.2) is 0 Å². The van der Waals surface area contributed by atoms with E-state index in [1.54, 1.807) is 0 Å². The van der Waals surface area contributed by atoms with Gasteiger partial charge in [-0.3, -0.25) is 0 Å². The number of hydrogen-bond acceptors (Lipinski definition) is 2. The van der Waals surface area contributed by atoms with Crippen molar-refractivity contribution in [1.29, 1.82) is 0 Å². The van der Waals surface area contributed by atoms with Crippen molar-refractivity contribution in [2.45, 2.75) is 0 Å². The van der Waals surface area contributed by atoms with E-state index in [0.29, 0.717) is 0 Å². The molecule has 2 heteroatoms. The predicted molar refractivity (Wildman–Crippen MR) is 26.5 cm³/mol. The molecule has 0 aliphatic heterocycles. The third-order valence-corrected chi connectivity index (χ3v) is 0.192. The minimum atomic E-state index is 0. The zero-order valence-corrected chi connectivity index (χ0v) is 3.68. The summed E-state index contributed by atoms with van der Waals surface area (Å²) in [5.74, 6) is 0. The maximum absolute atomic E-state index is 4.36. The molecule has 0 fully saturated rings. The van der Waals surface area contributed by atoms with E-state index in [1.165, 1.54) is 12.5 Å². The van der Waals surface area contributed by atoms with Crippen molar-refractivity contribution >= 4 is 0 Å². The first kappa shape index (κ1) is 8.97. The molecule has 0 spiro atoms. The van der Waals surface area contributed by atoms with Crippen LogP contribution in [0.5, 0.6) is 0 Å². The predicted octanol–water partition coefficient (Wildman–Crippen LogP) is 1.45. The second-order valence-electron chi connectivity index (χ2n) is 0.469. The van der Waals surface area contributed by atoms with Crippen molar-refractivity contribution in [3.05, 3.63) is 25.7 Å². The smallest absolute Gasteiger partial charge is 0.0829 e. The van der Waals surface area contributed by atoms with Crippen LogP contribution in [0.15, 0.2) is 25.7 Å². The molecular weight excluding hydrogens is 78.0 g/mol. The minimum Gasteiger partial charge on any atom is -0.474 e. The van der Waals surface area contributed by atoms with Gasteiger partial charge in [0, 0.05) is 0 Å². The van der Waals surface area contributed by atoms with Crippen LogP contribution in [-0.4, -0.2) is 0 Å². The molecule has 0 saturated heterocycles. The molecular formula is C4H9NO. The third kappa shape index (κ3) is 10.6.